The summed E-state index contributed by atoms with van der Waals surface area (Å²) in [4.78, 5) is 13.5. The molecule has 0 radical (unpaired) electrons. The summed E-state index contributed by atoms with van der Waals surface area (Å²) in [5.74, 6) is -0.0675. The van der Waals surface area contributed by atoms with Crippen molar-refractivity contribution < 1.29 is 9.18 Å². The summed E-state index contributed by atoms with van der Waals surface area (Å²) < 4.78 is 14.2. The van der Waals surface area contributed by atoms with Gasteiger partial charge in [0.1, 0.15) is 11.9 Å². The van der Waals surface area contributed by atoms with Gasteiger partial charge >= 0.3 is 0 Å². The van der Waals surface area contributed by atoms with Crippen molar-refractivity contribution in [3.8, 4) is 0 Å². The number of nitrogens with two attached hydrogens (primary N) is 1. The van der Waals surface area contributed by atoms with Crippen molar-refractivity contribution in [2.24, 2.45) is 11.7 Å². The molecule has 1 saturated heterocycles. The highest BCUT2D eigenvalue weighted by atomic mass is 19.1. The monoisotopic (exact) mass is 293 g/mol. The van der Waals surface area contributed by atoms with Crippen molar-refractivity contribution in [2.75, 3.05) is 18.0 Å². The largest absolute Gasteiger partial charge is 0.368 e. The van der Waals surface area contributed by atoms with Crippen molar-refractivity contribution in [1.82, 2.24) is 5.32 Å². The Bertz CT molecular complexity index is 504. The van der Waals surface area contributed by atoms with Crippen molar-refractivity contribution in [1.29, 1.82) is 0 Å². The Morgan fingerprint density at radius 1 is 1.52 bits per heavy atom. The fraction of sp³-hybridized carbons (Fsp3) is 0.562. The number of nitrogens with zero attached hydrogens (tertiary/aromatic N) is 1. The zero-order valence-electron chi connectivity index (χ0n) is 12.7. The summed E-state index contributed by atoms with van der Waals surface area (Å²) in [6, 6.07) is 4.70. The molecule has 1 heterocycles. The average Bonchev–Trinajstić information content (AvgIpc) is 2.89. The minimum absolute atomic E-state index is 0.237. The lowest BCUT2D eigenvalue weighted by Crippen LogP contribution is -2.41. The molecule has 116 valence electrons. The van der Waals surface area contributed by atoms with Crippen LogP contribution in [-0.2, 0) is 11.3 Å². The molecular weight excluding hydrogens is 269 g/mol. The smallest absolute Gasteiger partial charge is 0.240 e. The molecule has 0 aliphatic carbocycles. The Kier molecular flexibility index (Phi) is 5.17. The topological polar surface area (TPSA) is 58.4 Å². The van der Waals surface area contributed by atoms with E-state index in [-0.39, 0.29) is 17.8 Å². The van der Waals surface area contributed by atoms with Crippen molar-refractivity contribution in [3.63, 3.8) is 0 Å². The van der Waals surface area contributed by atoms with E-state index in [0.29, 0.717) is 18.0 Å². The van der Waals surface area contributed by atoms with E-state index in [9.17, 15) is 9.18 Å². The number of carbonyl (C=O) groups excluding carboxylic acids is 1. The van der Waals surface area contributed by atoms with Crippen molar-refractivity contribution in [2.45, 2.75) is 39.3 Å². The summed E-state index contributed by atoms with van der Waals surface area (Å²) in [7, 11) is 0. The summed E-state index contributed by atoms with van der Waals surface area (Å²) in [6.45, 7) is 6.25. The molecule has 1 unspecified atom stereocenters. The van der Waals surface area contributed by atoms with Gasteiger partial charge in [0, 0.05) is 24.3 Å². The highest BCUT2D eigenvalue weighted by molar-refractivity contribution is 5.84. The molecule has 1 aliphatic rings. The van der Waals surface area contributed by atoms with Gasteiger partial charge in [0.2, 0.25) is 5.91 Å². The Morgan fingerprint density at radius 3 is 2.95 bits per heavy atom. The van der Waals surface area contributed by atoms with Crippen LogP contribution >= 0.6 is 0 Å². The highest BCUT2D eigenvalue weighted by Gasteiger charge is 2.30. The van der Waals surface area contributed by atoms with Gasteiger partial charge in [-0.25, -0.2) is 4.39 Å². The minimum atomic E-state index is -0.335. The Labute approximate surface area is 125 Å². The molecule has 21 heavy (non-hydrogen) atoms. The number of halogens is 1. The van der Waals surface area contributed by atoms with E-state index >= 15 is 0 Å². The second-order valence-corrected chi connectivity index (χ2v) is 6.02. The number of hydrogen-bond donors (Lipinski definition) is 2. The van der Waals surface area contributed by atoms with Gasteiger partial charge in [-0.15, -0.1) is 0 Å². The number of benzene rings is 1. The molecule has 1 aromatic carbocycles. The van der Waals surface area contributed by atoms with Crippen molar-refractivity contribution in [3.05, 3.63) is 29.6 Å². The van der Waals surface area contributed by atoms with Gasteiger partial charge < -0.3 is 16.0 Å². The quantitative estimate of drug-likeness (QED) is 0.843. The summed E-state index contributed by atoms with van der Waals surface area (Å²) >= 11 is 0. The lowest BCUT2D eigenvalue weighted by molar-refractivity contribution is -0.119. The first kappa shape index (κ1) is 15.8. The molecule has 0 spiro atoms. The fourth-order valence-electron chi connectivity index (χ4n) is 2.83. The zero-order chi connectivity index (χ0) is 15.4. The first-order valence-corrected chi connectivity index (χ1v) is 7.54. The third kappa shape index (κ3) is 3.73. The number of amides is 1. The standard InChI is InChI=1S/C16H24FN3O/c1-11(2)9-19-10-12-13(17)5-3-6-14(12)20-8-4-7-15(20)16(18)21/h3,5-6,11,15,19H,4,7-10H2,1-2H3,(H2,18,21). The van der Waals surface area contributed by atoms with Gasteiger partial charge in [0.05, 0.1) is 0 Å². The third-order valence-corrected chi connectivity index (χ3v) is 3.84. The molecular formula is C16H24FN3O. The van der Waals surface area contributed by atoms with Crippen LogP contribution < -0.4 is 16.0 Å². The summed E-state index contributed by atoms with van der Waals surface area (Å²) in [5, 5.41) is 3.27. The maximum Gasteiger partial charge on any atom is 0.240 e. The van der Waals surface area contributed by atoms with Crippen LogP contribution in [0, 0.1) is 11.7 Å². The highest BCUT2D eigenvalue weighted by Crippen LogP contribution is 2.30. The second kappa shape index (κ2) is 6.89. The number of nitrogens with one attached hydrogen (secondary N) is 1. The predicted octanol–water partition coefficient (Wildman–Crippen LogP) is 2.03. The van der Waals surface area contributed by atoms with Gasteiger partial charge in [0.25, 0.3) is 0 Å². The Balaban J connectivity index is 2.22. The number of rotatable bonds is 6. The lowest BCUT2D eigenvalue weighted by atomic mass is 10.1. The lowest BCUT2D eigenvalue weighted by Gasteiger charge is -2.27. The predicted molar refractivity (Wildman–Crippen MR) is 82.5 cm³/mol. The van der Waals surface area contributed by atoms with Gasteiger partial charge in [-0.3, -0.25) is 4.79 Å². The summed E-state index contributed by atoms with van der Waals surface area (Å²) in [5.41, 5.74) is 6.87. The van der Waals surface area contributed by atoms with E-state index in [4.69, 9.17) is 5.73 Å². The average molecular weight is 293 g/mol. The van der Waals surface area contributed by atoms with Crippen molar-refractivity contribution >= 4 is 11.6 Å². The second-order valence-electron chi connectivity index (χ2n) is 6.02. The normalized spacial score (nSPS) is 18.5. The molecule has 5 heteroatoms. The summed E-state index contributed by atoms with van der Waals surface area (Å²) in [6.07, 6.45) is 1.65. The van der Waals surface area contributed by atoms with Gasteiger partial charge in [-0.1, -0.05) is 19.9 Å². The SMILES string of the molecule is CC(C)CNCc1c(F)cccc1N1CCCC1C(N)=O. The maximum atomic E-state index is 14.2. The first-order chi connectivity index (χ1) is 10.0. The van der Waals surface area contributed by atoms with E-state index in [2.05, 4.69) is 19.2 Å². The van der Waals surface area contributed by atoms with Crippen LogP contribution in [0.2, 0.25) is 0 Å². The molecule has 0 saturated carbocycles. The number of primary amides is 1. The van der Waals surface area contributed by atoms with E-state index in [1.54, 1.807) is 6.07 Å². The molecule has 2 rings (SSSR count). The van der Waals surface area contributed by atoms with E-state index in [1.165, 1.54) is 6.07 Å². The van der Waals surface area contributed by atoms with Crippen LogP contribution in [0.4, 0.5) is 10.1 Å². The Morgan fingerprint density at radius 2 is 2.29 bits per heavy atom. The van der Waals surface area contributed by atoms with Gasteiger partial charge in [0.15, 0.2) is 0 Å². The fourth-order valence-corrected chi connectivity index (χ4v) is 2.83. The third-order valence-electron chi connectivity index (χ3n) is 3.84. The minimum Gasteiger partial charge on any atom is -0.368 e. The molecule has 0 aromatic heterocycles. The molecule has 0 bridgehead atoms. The molecule has 3 N–H and O–H groups in total. The van der Waals surface area contributed by atoms with Crippen LogP contribution in [-0.4, -0.2) is 25.0 Å². The maximum absolute atomic E-state index is 14.2. The molecule has 1 aliphatic heterocycles. The van der Waals surface area contributed by atoms with Crippen LogP contribution in [0.3, 0.4) is 0 Å². The number of carbonyl (C=O) groups is 1. The van der Waals surface area contributed by atoms with Crippen LogP contribution in [0.15, 0.2) is 18.2 Å². The van der Waals surface area contributed by atoms with E-state index in [1.807, 2.05) is 11.0 Å². The van der Waals surface area contributed by atoms with Crippen LogP contribution in [0.5, 0.6) is 0 Å². The number of hydrogen-bond acceptors (Lipinski definition) is 3. The van der Waals surface area contributed by atoms with Gasteiger partial charge in [-0.2, -0.15) is 0 Å². The molecule has 1 atom stereocenters. The zero-order valence-corrected chi connectivity index (χ0v) is 12.7. The van der Waals surface area contributed by atoms with Crippen LogP contribution in [0.1, 0.15) is 32.3 Å². The number of anilines is 1. The van der Waals surface area contributed by atoms with E-state index in [0.717, 1.165) is 31.6 Å². The first-order valence-electron chi connectivity index (χ1n) is 7.54. The molecule has 1 amide bonds. The van der Waals surface area contributed by atoms with Crippen LogP contribution in [0.25, 0.3) is 0 Å². The molecule has 4 nitrogen and oxygen atoms in total. The Hall–Kier alpha value is -1.62. The van der Waals surface area contributed by atoms with Gasteiger partial charge in [-0.05, 0) is 37.4 Å². The molecule has 1 fully saturated rings. The van der Waals surface area contributed by atoms with E-state index < -0.39 is 0 Å². The molecule has 1 aromatic rings.